The van der Waals surface area contributed by atoms with Gasteiger partial charge in [-0.25, -0.2) is 0 Å². The molecule has 3 nitrogen and oxygen atoms in total. The first-order chi connectivity index (χ1) is 5.25. The molecule has 62 valence electrons. The lowest BCUT2D eigenvalue weighted by Gasteiger charge is -2.32. The molecule has 1 unspecified atom stereocenters. The summed E-state index contributed by atoms with van der Waals surface area (Å²) in [6, 6.07) is 0. The Kier molecular flexibility index (Phi) is 2.44. The number of ether oxygens (including phenoxy) is 2. The SMILES string of the molecule is COC1(OC)C=CC=CC1O. The van der Waals surface area contributed by atoms with Gasteiger partial charge < -0.3 is 14.6 Å². The number of aliphatic hydroxyl groups is 1. The molecule has 0 saturated heterocycles. The van der Waals surface area contributed by atoms with Crippen LogP contribution in [0.25, 0.3) is 0 Å². The van der Waals surface area contributed by atoms with E-state index in [1.807, 2.05) is 0 Å². The molecule has 1 aliphatic rings. The van der Waals surface area contributed by atoms with Gasteiger partial charge in [0.2, 0.25) is 5.79 Å². The number of hydrogen-bond donors (Lipinski definition) is 1. The Morgan fingerprint density at radius 3 is 2.27 bits per heavy atom. The zero-order chi connectivity index (χ0) is 8.32. The summed E-state index contributed by atoms with van der Waals surface area (Å²) in [6.07, 6.45) is 6.09. The molecule has 1 atom stereocenters. The highest BCUT2D eigenvalue weighted by Gasteiger charge is 2.35. The Hall–Kier alpha value is -0.640. The third-order valence-corrected chi connectivity index (χ3v) is 1.78. The van der Waals surface area contributed by atoms with Gasteiger partial charge in [-0.15, -0.1) is 0 Å². The van der Waals surface area contributed by atoms with Crippen molar-refractivity contribution in [3.8, 4) is 0 Å². The Balaban J connectivity index is 2.82. The van der Waals surface area contributed by atoms with E-state index in [1.54, 1.807) is 24.3 Å². The molecule has 0 spiro atoms. The molecular formula is C8H12O3. The molecular weight excluding hydrogens is 144 g/mol. The minimum absolute atomic E-state index is 0.734. The van der Waals surface area contributed by atoms with Crippen molar-refractivity contribution in [3.63, 3.8) is 0 Å². The van der Waals surface area contributed by atoms with Crippen molar-refractivity contribution < 1.29 is 14.6 Å². The van der Waals surface area contributed by atoms with Gasteiger partial charge in [-0.3, -0.25) is 0 Å². The molecule has 1 N–H and O–H groups in total. The van der Waals surface area contributed by atoms with Crippen molar-refractivity contribution in [2.75, 3.05) is 14.2 Å². The van der Waals surface area contributed by atoms with E-state index < -0.39 is 11.9 Å². The molecule has 0 heterocycles. The summed E-state index contributed by atoms with van der Waals surface area (Å²) < 4.78 is 10.1. The lowest BCUT2D eigenvalue weighted by Crippen LogP contribution is -2.44. The monoisotopic (exact) mass is 156 g/mol. The Labute approximate surface area is 65.9 Å². The van der Waals surface area contributed by atoms with Crippen molar-refractivity contribution in [1.82, 2.24) is 0 Å². The van der Waals surface area contributed by atoms with E-state index in [0.717, 1.165) is 0 Å². The first-order valence-electron chi connectivity index (χ1n) is 3.39. The van der Waals surface area contributed by atoms with Crippen molar-refractivity contribution in [1.29, 1.82) is 0 Å². The van der Waals surface area contributed by atoms with Crippen LogP contribution in [0.2, 0.25) is 0 Å². The standard InChI is InChI=1S/C8H12O3/c1-10-8(11-2)6-4-3-5-7(8)9/h3-7,9H,1-2H3. The number of methoxy groups -OCH3 is 2. The second-order valence-electron chi connectivity index (χ2n) is 2.32. The minimum atomic E-state index is -0.991. The number of rotatable bonds is 2. The molecule has 0 aromatic carbocycles. The predicted octanol–water partition coefficient (Wildman–Crippen LogP) is 0.462. The van der Waals surface area contributed by atoms with E-state index in [2.05, 4.69) is 0 Å². The van der Waals surface area contributed by atoms with E-state index in [1.165, 1.54) is 14.2 Å². The summed E-state index contributed by atoms with van der Waals surface area (Å²) in [5, 5.41) is 9.43. The largest absolute Gasteiger partial charge is 0.383 e. The number of hydrogen-bond acceptors (Lipinski definition) is 3. The molecule has 3 heteroatoms. The molecule has 0 aromatic rings. The fourth-order valence-electron chi connectivity index (χ4n) is 1.05. The summed E-state index contributed by atoms with van der Waals surface area (Å²) >= 11 is 0. The molecule has 0 amide bonds. The molecule has 1 aliphatic carbocycles. The topological polar surface area (TPSA) is 38.7 Å². The van der Waals surface area contributed by atoms with Gasteiger partial charge in [-0.2, -0.15) is 0 Å². The van der Waals surface area contributed by atoms with Gasteiger partial charge in [0.05, 0.1) is 0 Å². The van der Waals surface area contributed by atoms with Crippen molar-refractivity contribution in [2.24, 2.45) is 0 Å². The molecule has 0 saturated carbocycles. The zero-order valence-corrected chi connectivity index (χ0v) is 6.65. The van der Waals surface area contributed by atoms with E-state index in [9.17, 15) is 5.11 Å². The van der Waals surface area contributed by atoms with Crippen molar-refractivity contribution in [3.05, 3.63) is 24.3 Å². The Morgan fingerprint density at radius 1 is 1.27 bits per heavy atom. The van der Waals surface area contributed by atoms with Crippen molar-refractivity contribution in [2.45, 2.75) is 11.9 Å². The fourth-order valence-corrected chi connectivity index (χ4v) is 1.05. The summed E-state index contributed by atoms with van der Waals surface area (Å²) in [4.78, 5) is 0. The van der Waals surface area contributed by atoms with Crippen LogP contribution in [-0.2, 0) is 9.47 Å². The highest BCUT2D eigenvalue weighted by molar-refractivity contribution is 5.20. The van der Waals surface area contributed by atoms with Crippen LogP contribution >= 0.6 is 0 Å². The van der Waals surface area contributed by atoms with E-state index in [-0.39, 0.29) is 0 Å². The summed E-state index contributed by atoms with van der Waals surface area (Å²) in [5.74, 6) is -0.991. The lowest BCUT2D eigenvalue weighted by atomic mass is 10.0. The van der Waals surface area contributed by atoms with Crippen LogP contribution in [0.5, 0.6) is 0 Å². The van der Waals surface area contributed by atoms with E-state index in [4.69, 9.17) is 9.47 Å². The normalized spacial score (nSPS) is 27.4. The maximum atomic E-state index is 9.43. The maximum Gasteiger partial charge on any atom is 0.218 e. The molecule has 11 heavy (non-hydrogen) atoms. The highest BCUT2D eigenvalue weighted by atomic mass is 16.7. The molecule has 0 aromatic heterocycles. The van der Waals surface area contributed by atoms with Crippen LogP contribution in [0.4, 0.5) is 0 Å². The smallest absolute Gasteiger partial charge is 0.218 e. The van der Waals surface area contributed by atoms with Crippen LogP contribution in [0.1, 0.15) is 0 Å². The summed E-state index contributed by atoms with van der Waals surface area (Å²) in [7, 11) is 2.99. The average Bonchev–Trinajstić information content (AvgIpc) is 2.06. The van der Waals surface area contributed by atoms with Crippen LogP contribution in [0.15, 0.2) is 24.3 Å². The van der Waals surface area contributed by atoms with Gasteiger partial charge >= 0.3 is 0 Å². The van der Waals surface area contributed by atoms with Crippen LogP contribution in [0, 0.1) is 0 Å². The minimum Gasteiger partial charge on any atom is -0.383 e. The average molecular weight is 156 g/mol. The van der Waals surface area contributed by atoms with Gasteiger partial charge in [0.15, 0.2) is 0 Å². The van der Waals surface area contributed by atoms with Gasteiger partial charge in [0, 0.05) is 14.2 Å². The van der Waals surface area contributed by atoms with Gasteiger partial charge in [-0.05, 0) is 6.08 Å². The molecule has 0 bridgehead atoms. The van der Waals surface area contributed by atoms with E-state index in [0.29, 0.717) is 0 Å². The summed E-state index contributed by atoms with van der Waals surface area (Å²) in [6.45, 7) is 0. The molecule has 0 aliphatic heterocycles. The van der Waals surface area contributed by atoms with Gasteiger partial charge in [0.25, 0.3) is 0 Å². The Morgan fingerprint density at radius 2 is 1.91 bits per heavy atom. The first kappa shape index (κ1) is 8.46. The van der Waals surface area contributed by atoms with Gasteiger partial charge in [-0.1, -0.05) is 18.2 Å². The third kappa shape index (κ3) is 1.35. The highest BCUT2D eigenvalue weighted by Crippen LogP contribution is 2.22. The maximum absolute atomic E-state index is 9.43. The molecule has 0 radical (unpaired) electrons. The first-order valence-corrected chi connectivity index (χ1v) is 3.39. The lowest BCUT2D eigenvalue weighted by molar-refractivity contribution is -0.214. The quantitative estimate of drug-likeness (QED) is 0.590. The van der Waals surface area contributed by atoms with Crippen LogP contribution in [0.3, 0.4) is 0 Å². The van der Waals surface area contributed by atoms with Crippen molar-refractivity contribution >= 4 is 0 Å². The second kappa shape index (κ2) is 3.17. The number of allylic oxidation sites excluding steroid dienone is 2. The molecule has 0 fully saturated rings. The van der Waals surface area contributed by atoms with Crippen LogP contribution in [-0.4, -0.2) is 31.2 Å². The second-order valence-corrected chi connectivity index (χ2v) is 2.32. The van der Waals surface area contributed by atoms with Gasteiger partial charge in [0.1, 0.15) is 6.10 Å². The predicted molar refractivity (Wildman–Crippen MR) is 41.0 cm³/mol. The number of aliphatic hydroxyl groups excluding tert-OH is 1. The van der Waals surface area contributed by atoms with E-state index >= 15 is 0 Å². The molecule has 1 rings (SSSR count). The summed E-state index contributed by atoms with van der Waals surface area (Å²) in [5.41, 5.74) is 0. The Bertz CT molecular complexity index is 180. The third-order valence-electron chi connectivity index (χ3n) is 1.78. The zero-order valence-electron chi connectivity index (χ0n) is 6.65. The van der Waals surface area contributed by atoms with Crippen LogP contribution < -0.4 is 0 Å². The fraction of sp³-hybridized carbons (Fsp3) is 0.500.